The molecule has 0 unspecified atom stereocenters. The van der Waals surface area contributed by atoms with Crippen LogP contribution in [0.1, 0.15) is 18.2 Å². The third-order valence-corrected chi connectivity index (χ3v) is 5.15. The summed E-state index contributed by atoms with van der Waals surface area (Å²) in [6.07, 6.45) is 5.53. The van der Waals surface area contributed by atoms with E-state index in [9.17, 15) is 0 Å². The van der Waals surface area contributed by atoms with Crippen molar-refractivity contribution >= 4 is 17.0 Å². The minimum Gasteiger partial charge on any atom is -0.487 e. The summed E-state index contributed by atoms with van der Waals surface area (Å²) in [6, 6.07) is 26.3. The minimum atomic E-state index is 0.402. The molecule has 0 N–H and O–H groups in total. The first kappa shape index (κ1) is 19.6. The van der Waals surface area contributed by atoms with Crippen molar-refractivity contribution in [3.05, 3.63) is 103 Å². The number of nitrogens with zero attached hydrogens (tertiary/aromatic N) is 5. The Labute approximate surface area is 185 Å². The fraction of sp³-hybridized carbons (Fsp3) is 0.0769. The summed E-state index contributed by atoms with van der Waals surface area (Å²) in [6.45, 7) is 2.41. The van der Waals surface area contributed by atoms with Gasteiger partial charge in [-0.3, -0.25) is 0 Å². The maximum Gasteiger partial charge on any atom is 0.162 e. The van der Waals surface area contributed by atoms with Crippen molar-refractivity contribution < 1.29 is 4.74 Å². The van der Waals surface area contributed by atoms with E-state index in [0.29, 0.717) is 6.61 Å². The van der Waals surface area contributed by atoms with Gasteiger partial charge in [-0.15, -0.1) is 15.0 Å². The highest BCUT2D eigenvalue weighted by Gasteiger charge is 2.09. The number of benzene rings is 3. The van der Waals surface area contributed by atoms with Crippen LogP contribution in [0.2, 0.25) is 0 Å². The molecule has 5 rings (SSSR count). The van der Waals surface area contributed by atoms with Crippen molar-refractivity contribution in [3.63, 3.8) is 0 Å². The fourth-order valence-corrected chi connectivity index (χ4v) is 3.63. The lowest BCUT2D eigenvalue weighted by Crippen LogP contribution is -2.00. The molecule has 0 atom stereocenters. The van der Waals surface area contributed by atoms with E-state index in [2.05, 4.69) is 51.8 Å². The van der Waals surface area contributed by atoms with Gasteiger partial charge in [-0.25, -0.2) is 4.98 Å². The molecule has 6 heteroatoms. The second kappa shape index (κ2) is 8.81. The van der Waals surface area contributed by atoms with E-state index < -0.39 is 0 Å². The molecule has 0 aliphatic rings. The standard InChI is InChI=1S/C26H21N5O/c1-2-6-19-12-14-23(31-28-18-27-30-31)16-25(19)21-8-5-9-24(15-21)32-17-22-13-11-20-7-3-4-10-26(20)29-22/h2-16,18H,17H2,1H3. The van der Waals surface area contributed by atoms with Gasteiger partial charge in [0.1, 0.15) is 12.4 Å². The Morgan fingerprint density at radius 3 is 2.75 bits per heavy atom. The summed E-state index contributed by atoms with van der Waals surface area (Å²) in [5.41, 5.74) is 5.92. The Kier molecular flexibility index (Phi) is 5.41. The van der Waals surface area contributed by atoms with Crippen LogP contribution in [0, 0.1) is 0 Å². The Morgan fingerprint density at radius 2 is 1.88 bits per heavy atom. The Bertz CT molecular complexity index is 1390. The number of para-hydroxylation sites is 1. The molecule has 6 nitrogen and oxygen atoms in total. The molecular weight excluding hydrogens is 398 g/mol. The third-order valence-electron chi connectivity index (χ3n) is 5.15. The molecule has 0 fully saturated rings. The van der Waals surface area contributed by atoms with Crippen LogP contribution in [-0.2, 0) is 6.61 Å². The number of hydrogen-bond donors (Lipinski definition) is 0. The summed E-state index contributed by atoms with van der Waals surface area (Å²) in [5, 5.41) is 13.1. The average molecular weight is 419 g/mol. The van der Waals surface area contributed by atoms with Gasteiger partial charge in [0, 0.05) is 5.39 Å². The first-order chi connectivity index (χ1) is 15.8. The molecule has 2 heterocycles. The minimum absolute atomic E-state index is 0.402. The second-order valence-electron chi connectivity index (χ2n) is 7.31. The van der Waals surface area contributed by atoms with Crippen LogP contribution in [0.15, 0.2) is 91.3 Å². The quantitative estimate of drug-likeness (QED) is 0.364. The molecule has 2 aromatic heterocycles. The molecule has 0 amide bonds. The topological polar surface area (TPSA) is 65.7 Å². The maximum atomic E-state index is 6.09. The predicted octanol–water partition coefficient (Wildman–Crippen LogP) is 5.49. The van der Waals surface area contributed by atoms with E-state index in [1.807, 2.05) is 61.5 Å². The van der Waals surface area contributed by atoms with Gasteiger partial charge in [0.05, 0.1) is 16.9 Å². The zero-order chi connectivity index (χ0) is 21.8. The van der Waals surface area contributed by atoms with Crippen molar-refractivity contribution in [2.24, 2.45) is 0 Å². The van der Waals surface area contributed by atoms with Gasteiger partial charge in [0.25, 0.3) is 0 Å². The number of fused-ring (bicyclic) bond motifs is 1. The van der Waals surface area contributed by atoms with Crippen LogP contribution in [0.5, 0.6) is 5.75 Å². The molecule has 0 saturated carbocycles. The fourth-order valence-electron chi connectivity index (χ4n) is 3.63. The van der Waals surface area contributed by atoms with Crippen molar-refractivity contribution in [3.8, 4) is 22.6 Å². The van der Waals surface area contributed by atoms with Crippen LogP contribution in [0.25, 0.3) is 33.8 Å². The van der Waals surface area contributed by atoms with Gasteiger partial charge in [-0.05, 0) is 65.2 Å². The molecule has 0 radical (unpaired) electrons. The van der Waals surface area contributed by atoms with E-state index in [-0.39, 0.29) is 0 Å². The van der Waals surface area contributed by atoms with Crippen LogP contribution < -0.4 is 4.74 Å². The molecule has 32 heavy (non-hydrogen) atoms. The lowest BCUT2D eigenvalue weighted by atomic mass is 9.98. The monoisotopic (exact) mass is 419 g/mol. The van der Waals surface area contributed by atoms with Crippen molar-refractivity contribution in [2.75, 3.05) is 0 Å². The Balaban J connectivity index is 1.43. The Morgan fingerprint density at radius 1 is 0.938 bits per heavy atom. The highest BCUT2D eigenvalue weighted by molar-refractivity contribution is 5.79. The van der Waals surface area contributed by atoms with E-state index >= 15 is 0 Å². The SMILES string of the molecule is CC=Cc1ccc(-n2ncnn2)cc1-c1cccc(OCc2ccc3ccccc3n2)c1. The zero-order valence-corrected chi connectivity index (χ0v) is 17.6. The predicted molar refractivity (Wildman–Crippen MR) is 125 cm³/mol. The molecule has 0 aliphatic heterocycles. The van der Waals surface area contributed by atoms with Crippen LogP contribution in [0.4, 0.5) is 0 Å². The first-order valence-electron chi connectivity index (χ1n) is 10.4. The van der Waals surface area contributed by atoms with Crippen molar-refractivity contribution in [1.29, 1.82) is 0 Å². The third kappa shape index (κ3) is 4.11. The Hall–Kier alpha value is -4.32. The van der Waals surface area contributed by atoms with Crippen LogP contribution in [-0.4, -0.2) is 25.2 Å². The lowest BCUT2D eigenvalue weighted by molar-refractivity contribution is 0.302. The molecular formula is C26H21N5O. The molecule has 0 bridgehead atoms. The van der Waals surface area contributed by atoms with Gasteiger partial charge < -0.3 is 4.74 Å². The van der Waals surface area contributed by atoms with Gasteiger partial charge in [0.2, 0.25) is 0 Å². The van der Waals surface area contributed by atoms with E-state index in [0.717, 1.165) is 44.7 Å². The second-order valence-corrected chi connectivity index (χ2v) is 7.31. The van der Waals surface area contributed by atoms with Gasteiger partial charge in [0.15, 0.2) is 6.33 Å². The number of pyridine rings is 1. The van der Waals surface area contributed by atoms with E-state index in [1.165, 1.54) is 11.1 Å². The maximum absolute atomic E-state index is 6.09. The van der Waals surface area contributed by atoms with Crippen molar-refractivity contribution in [1.82, 2.24) is 25.2 Å². The van der Waals surface area contributed by atoms with Gasteiger partial charge >= 0.3 is 0 Å². The summed E-state index contributed by atoms with van der Waals surface area (Å²) in [4.78, 5) is 6.20. The number of allylic oxidation sites excluding steroid dienone is 1. The first-order valence-corrected chi connectivity index (χ1v) is 10.4. The number of aromatic nitrogens is 5. The summed E-state index contributed by atoms with van der Waals surface area (Å²) in [5.74, 6) is 0.785. The van der Waals surface area contributed by atoms with E-state index in [1.54, 1.807) is 0 Å². The van der Waals surface area contributed by atoms with Crippen LogP contribution >= 0.6 is 0 Å². The molecule has 0 aliphatic carbocycles. The molecule has 0 spiro atoms. The normalized spacial score (nSPS) is 11.3. The number of ether oxygens (including phenoxy) is 1. The zero-order valence-electron chi connectivity index (χ0n) is 17.6. The van der Waals surface area contributed by atoms with Gasteiger partial charge in [-0.2, -0.15) is 0 Å². The molecule has 156 valence electrons. The van der Waals surface area contributed by atoms with Crippen LogP contribution in [0.3, 0.4) is 0 Å². The largest absolute Gasteiger partial charge is 0.487 e. The molecule has 5 aromatic rings. The van der Waals surface area contributed by atoms with Crippen molar-refractivity contribution in [2.45, 2.75) is 13.5 Å². The highest BCUT2D eigenvalue weighted by atomic mass is 16.5. The lowest BCUT2D eigenvalue weighted by Gasteiger charge is -2.12. The molecule has 3 aromatic carbocycles. The summed E-state index contributed by atoms with van der Waals surface area (Å²) in [7, 11) is 0. The number of hydrogen-bond acceptors (Lipinski definition) is 5. The average Bonchev–Trinajstić information content (AvgIpc) is 3.38. The highest BCUT2D eigenvalue weighted by Crippen LogP contribution is 2.30. The smallest absolute Gasteiger partial charge is 0.162 e. The number of rotatable bonds is 6. The molecule has 0 saturated heterocycles. The van der Waals surface area contributed by atoms with E-state index in [4.69, 9.17) is 9.72 Å². The number of tetrazole rings is 1. The summed E-state index contributed by atoms with van der Waals surface area (Å²) < 4.78 is 6.09. The van der Waals surface area contributed by atoms with Gasteiger partial charge in [-0.1, -0.05) is 54.6 Å². The summed E-state index contributed by atoms with van der Waals surface area (Å²) >= 11 is 0.